The molecule has 92 valence electrons. The summed E-state index contributed by atoms with van der Waals surface area (Å²) in [6.45, 7) is 9.83. The largest absolute Gasteiger partial charge is 0.445 e. The molecule has 0 atom stereocenters. The van der Waals surface area contributed by atoms with Crippen molar-refractivity contribution in [3.05, 3.63) is 24.3 Å². The molecule has 0 unspecified atom stereocenters. The van der Waals surface area contributed by atoms with Crippen molar-refractivity contribution in [2.24, 2.45) is 0 Å². The van der Waals surface area contributed by atoms with Gasteiger partial charge in [-0.2, -0.15) is 0 Å². The van der Waals surface area contributed by atoms with Gasteiger partial charge in [0.2, 0.25) is 0 Å². The van der Waals surface area contributed by atoms with Gasteiger partial charge in [-0.25, -0.2) is 4.79 Å². The van der Waals surface area contributed by atoms with E-state index in [0.29, 0.717) is 13.1 Å². The van der Waals surface area contributed by atoms with E-state index in [9.17, 15) is 4.79 Å². The van der Waals surface area contributed by atoms with Gasteiger partial charge in [0, 0.05) is 19.6 Å². The zero-order valence-corrected chi connectivity index (χ0v) is 10.5. The fraction of sp³-hybridized carbons (Fsp3) is 0.583. The van der Waals surface area contributed by atoms with E-state index in [1.165, 1.54) is 0 Å². The van der Waals surface area contributed by atoms with Gasteiger partial charge in [0.15, 0.2) is 0 Å². The lowest BCUT2D eigenvalue weighted by Crippen LogP contribution is -2.36. The third-order valence-corrected chi connectivity index (χ3v) is 2.27. The van der Waals surface area contributed by atoms with Gasteiger partial charge < -0.3 is 15.0 Å². The monoisotopic (exact) mass is 226 g/mol. The third-order valence-electron chi connectivity index (χ3n) is 2.27. The van der Waals surface area contributed by atoms with Crippen molar-refractivity contribution < 1.29 is 9.53 Å². The average molecular weight is 226 g/mol. The SMILES string of the molecule is C=C/C(=C\C)COC(=O)N(CC)CCNC. The van der Waals surface area contributed by atoms with Crippen LogP contribution < -0.4 is 5.32 Å². The minimum atomic E-state index is -0.279. The van der Waals surface area contributed by atoms with Crippen LogP contribution in [0.3, 0.4) is 0 Å². The molecule has 1 amide bonds. The topological polar surface area (TPSA) is 41.6 Å². The average Bonchev–Trinajstić information content (AvgIpc) is 2.31. The number of ether oxygens (including phenoxy) is 1. The summed E-state index contributed by atoms with van der Waals surface area (Å²) in [5.41, 5.74) is 0.915. The Bertz CT molecular complexity index is 249. The highest BCUT2D eigenvalue weighted by Gasteiger charge is 2.11. The van der Waals surface area contributed by atoms with Crippen LogP contribution in [0.15, 0.2) is 24.3 Å². The first-order chi connectivity index (χ1) is 7.69. The highest BCUT2D eigenvalue weighted by molar-refractivity contribution is 5.67. The van der Waals surface area contributed by atoms with Crippen molar-refractivity contribution in [3.63, 3.8) is 0 Å². The summed E-state index contributed by atoms with van der Waals surface area (Å²) in [6.07, 6.45) is 3.29. The summed E-state index contributed by atoms with van der Waals surface area (Å²) in [7, 11) is 1.86. The van der Waals surface area contributed by atoms with Gasteiger partial charge in [-0.3, -0.25) is 0 Å². The molecule has 0 fully saturated rings. The van der Waals surface area contributed by atoms with Crippen LogP contribution in [0.4, 0.5) is 4.79 Å². The molecule has 0 saturated heterocycles. The normalized spacial score (nSPS) is 11.1. The molecule has 0 aromatic carbocycles. The number of amides is 1. The van der Waals surface area contributed by atoms with E-state index in [0.717, 1.165) is 12.1 Å². The predicted molar refractivity (Wildman–Crippen MR) is 66.5 cm³/mol. The van der Waals surface area contributed by atoms with Crippen LogP contribution in [-0.2, 0) is 4.74 Å². The number of nitrogens with one attached hydrogen (secondary N) is 1. The second kappa shape index (κ2) is 8.97. The fourth-order valence-corrected chi connectivity index (χ4v) is 1.12. The second-order valence-electron chi connectivity index (χ2n) is 3.31. The van der Waals surface area contributed by atoms with E-state index >= 15 is 0 Å². The Morgan fingerprint density at radius 3 is 2.69 bits per heavy atom. The van der Waals surface area contributed by atoms with E-state index in [1.807, 2.05) is 27.0 Å². The Hall–Kier alpha value is -1.29. The van der Waals surface area contributed by atoms with Gasteiger partial charge in [0.1, 0.15) is 6.61 Å². The van der Waals surface area contributed by atoms with Crippen LogP contribution in [0.1, 0.15) is 13.8 Å². The van der Waals surface area contributed by atoms with Crippen molar-refractivity contribution in [1.82, 2.24) is 10.2 Å². The molecule has 0 spiro atoms. The molecule has 0 aliphatic carbocycles. The lowest BCUT2D eigenvalue weighted by Gasteiger charge is -2.20. The molecule has 16 heavy (non-hydrogen) atoms. The molecule has 0 aromatic rings. The molecule has 4 heteroatoms. The molecule has 4 nitrogen and oxygen atoms in total. The van der Waals surface area contributed by atoms with Crippen LogP contribution >= 0.6 is 0 Å². The molecule has 0 aliphatic rings. The van der Waals surface area contributed by atoms with Crippen LogP contribution in [0.25, 0.3) is 0 Å². The molecule has 0 heterocycles. The van der Waals surface area contributed by atoms with Gasteiger partial charge in [-0.15, -0.1) is 0 Å². The number of carbonyl (C=O) groups is 1. The maximum absolute atomic E-state index is 11.6. The molecule has 0 saturated carbocycles. The Morgan fingerprint density at radius 2 is 2.25 bits per heavy atom. The molecular formula is C12H22N2O2. The van der Waals surface area contributed by atoms with Crippen molar-refractivity contribution in [2.45, 2.75) is 13.8 Å². The zero-order chi connectivity index (χ0) is 12.4. The molecule has 0 radical (unpaired) electrons. The van der Waals surface area contributed by atoms with Gasteiger partial charge in [0.25, 0.3) is 0 Å². The number of carbonyl (C=O) groups excluding carboxylic acids is 1. The lowest BCUT2D eigenvalue weighted by molar-refractivity contribution is 0.113. The molecule has 0 aromatic heterocycles. The number of nitrogens with zero attached hydrogens (tertiary/aromatic N) is 1. The van der Waals surface area contributed by atoms with Crippen molar-refractivity contribution in [1.29, 1.82) is 0 Å². The van der Waals surface area contributed by atoms with Crippen LogP contribution in [-0.4, -0.2) is 44.3 Å². The van der Waals surface area contributed by atoms with Crippen molar-refractivity contribution in [2.75, 3.05) is 33.3 Å². The number of rotatable bonds is 7. The van der Waals surface area contributed by atoms with Crippen molar-refractivity contribution in [3.8, 4) is 0 Å². The lowest BCUT2D eigenvalue weighted by atomic mass is 10.3. The number of likely N-dealkylation sites (N-methyl/N-ethyl adjacent to an activating group) is 2. The van der Waals surface area contributed by atoms with Crippen LogP contribution in [0.2, 0.25) is 0 Å². The fourth-order valence-electron chi connectivity index (χ4n) is 1.12. The standard InChI is InChI=1S/C12H22N2O2/c1-5-11(6-2)10-16-12(15)14(7-3)9-8-13-4/h5-6,13H,1,7-10H2,2-4H3/b11-6+. The minimum absolute atomic E-state index is 0.279. The minimum Gasteiger partial charge on any atom is -0.445 e. The number of hydrogen-bond acceptors (Lipinski definition) is 3. The van der Waals surface area contributed by atoms with Gasteiger partial charge >= 0.3 is 6.09 Å². The van der Waals surface area contributed by atoms with Crippen molar-refractivity contribution >= 4 is 6.09 Å². The summed E-state index contributed by atoms with van der Waals surface area (Å²) >= 11 is 0. The van der Waals surface area contributed by atoms with Crippen LogP contribution in [0.5, 0.6) is 0 Å². The van der Waals surface area contributed by atoms with E-state index < -0.39 is 0 Å². The Kier molecular flexibility index (Phi) is 8.25. The van der Waals surface area contributed by atoms with Gasteiger partial charge in [-0.05, 0) is 26.5 Å². The molecule has 0 rings (SSSR count). The molecule has 0 aliphatic heterocycles. The number of allylic oxidation sites excluding steroid dienone is 1. The number of hydrogen-bond donors (Lipinski definition) is 1. The quantitative estimate of drug-likeness (QED) is 0.673. The first kappa shape index (κ1) is 14.7. The Balaban J connectivity index is 4.06. The highest BCUT2D eigenvalue weighted by Crippen LogP contribution is 2.00. The van der Waals surface area contributed by atoms with Gasteiger partial charge in [-0.1, -0.05) is 18.7 Å². The third kappa shape index (κ3) is 5.56. The second-order valence-corrected chi connectivity index (χ2v) is 3.31. The summed E-state index contributed by atoms with van der Waals surface area (Å²) < 4.78 is 5.16. The summed E-state index contributed by atoms with van der Waals surface area (Å²) in [4.78, 5) is 13.3. The first-order valence-electron chi connectivity index (χ1n) is 5.53. The van der Waals surface area contributed by atoms with E-state index in [2.05, 4.69) is 11.9 Å². The summed E-state index contributed by atoms with van der Waals surface area (Å²) in [6, 6.07) is 0. The Morgan fingerprint density at radius 1 is 1.56 bits per heavy atom. The summed E-state index contributed by atoms with van der Waals surface area (Å²) in [5, 5.41) is 3.00. The summed E-state index contributed by atoms with van der Waals surface area (Å²) in [5.74, 6) is 0. The smallest absolute Gasteiger partial charge is 0.410 e. The van der Waals surface area contributed by atoms with E-state index in [-0.39, 0.29) is 12.7 Å². The van der Waals surface area contributed by atoms with E-state index in [1.54, 1.807) is 11.0 Å². The molecule has 0 bridgehead atoms. The highest BCUT2D eigenvalue weighted by atomic mass is 16.6. The predicted octanol–water partition coefficient (Wildman–Crippen LogP) is 1.80. The Labute approximate surface area is 98.0 Å². The maximum atomic E-state index is 11.6. The van der Waals surface area contributed by atoms with Crippen LogP contribution in [0, 0.1) is 0 Å². The molecule has 1 N–H and O–H groups in total. The van der Waals surface area contributed by atoms with Gasteiger partial charge in [0.05, 0.1) is 0 Å². The van der Waals surface area contributed by atoms with E-state index in [4.69, 9.17) is 4.74 Å². The molecular weight excluding hydrogens is 204 g/mol. The maximum Gasteiger partial charge on any atom is 0.410 e. The zero-order valence-electron chi connectivity index (χ0n) is 10.5. The first-order valence-corrected chi connectivity index (χ1v) is 5.53.